The largest absolute Gasteiger partial charge is 0.363 e. The average Bonchev–Trinajstić information content (AvgIpc) is 2.74. The molecule has 2 heterocycles. The fourth-order valence-corrected chi connectivity index (χ4v) is 0.845. The second kappa shape index (κ2) is 3.10. The summed E-state index contributed by atoms with van der Waals surface area (Å²) >= 11 is 0. The van der Waals surface area contributed by atoms with Gasteiger partial charge in [0.1, 0.15) is 12.0 Å². The van der Waals surface area contributed by atoms with Gasteiger partial charge in [0.2, 0.25) is 0 Å². The summed E-state index contributed by atoms with van der Waals surface area (Å²) in [6, 6.07) is 0. The summed E-state index contributed by atoms with van der Waals surface area (Å²) < 4.78 is 4.54. The van der Waals surface area contributed by atoms with Crippen LogP contribution < -0.4 is 5.32 Å². The van der Waals surface area contributed by atoms with Crippen LogP contribution in [0.5, 0.6) is 0 Å². The van der Waals surface area contributed by atoms with Gasteiger partial charge < -0.3 is 9.84 Å². The van der Waals surface area contributed by atoms with Crippen molar-refractivity contribution in [2.24, 2.45) is 0 Å². The first-order valence-electron chi connectivity index (χ1n) is 3.56. The molecule has 0 aromatic carbocycles. The van der Waals surface area contributed by atoms with Gasteiger partial charge in [0.25, 0.3) is 5.91 Å². The van der Waals surface area contributed by atoms with E-state index in [1.54, 1.807) is 0 Å². The van der Waals surface area contributed by atoms with Gasteiger partial charge in [-0.05, 0) is 0 Å². The van der Waals surface area contributed by atoms with Crippen LogP contribution in [0.3, 0.4) is 0 Å². The van der Waals surface area contributed by atoms with Gasteiger partial charge in [-0.1, -0.05) is 5.16 Å². The van der Waals surface area contributed by atoms with Crippen LogP contribution in [-0.4, -0.2) is 21.3 Å². The van der Waals surface area contributed by atoms with Crippen LogP contribution in [0, 0.1) is 0 Å². The first-order chi connectivity index (χ1) is 6.36. The third-order valence-corrected chi connectivity index (χ3v) is 1.45. The van der Waals surface area contributed by atoms with E-state index in [9.17, 15) is 4.79 Å². The van der Waals surface area contributed by atoms with Crippen molar-refractivity contribution in [3.63, 3.8) is 0 Å². The van der Waals surface area contributed by atoms with Gasteiger partial charge in [-0.25, -0.2) is 0 Å². The van der Waals surface area contributed by atoms with E-state index in [1.807, 2.05) is 0 Å². The van der Waals surface area contributed by atoms with Gasteiger partial charge in [0.15, 0.2) is 0 Å². The van der Waals surface area contributed by atoms with Gasteiger partial charge in [-0.2, -0.15) is 5.10 Å². The monoisotopic (exact) mass is 178 g/mol. The van der Waals surface area contributed by atoms with Crippen LogP contribution in [0.2, 0.25) is 0 Å². The fourth-order valence-electron chi connectivity index (χ4n) is 0.845. The predicted octanol–water partition coefficient (Wildman–Crippen LogP) is 0.650. The Hall–Kier alpha value is -2.11. The molecule has 66 valence electrons. The number of aromatic amines is 1. The maximum absolute atomic E-state index is 11.3. The minimum atomic E-state index is -0.253. The Morgan fingerprint density at radius 1 is 1.54 bits per heavy atom. The van der Waals surface area contributed by atoms with Gasteiger partial charge in [0, 0.05) is 6.20 Å². The summed E-state index contributed by atoms with van der Waals surface area (Å²) in [6.45, 7) is 0. The SMILES string of the molecule is O=C(Nc1cnoc1)c1cn[nH]c1. The lowest BCUT2D eigenvalue weighted by Gasteiger charge is -1.96. The minimum absolute atomic E-state index is 0.253. The van der Waals surface area contributed by atoms with Crippen LogP contribution in [0.4, 0.5) is 5.69 Å². The van der Waals surface area contributed by atoms with Crippen molar-refractivity contribution in [1.29, 1.82) is 0 Å². The van der Waals surface area contributed by atoms with Gasteiger partial charge in [-0.3, -0.25) is 9.89 Å². The molecule has 2 rings (SSSR count). The van der Waals surface area contributed by atoms with Crippen LogP contribution in [0.15, 0.2) is 29.4 Å². The lowest BCUT2D eigenvalue weighted by atomic mass is 10.3. The predicted molar refractivity (Wildman–Crippen MR) is 43.0 cm³/mol. The summed E-state index contributed by atoms with van der Waals surface area (Å²) in [6.07, 6.45) is 5.70. The molecular weight excluding hydrogens is 172 g/mol. The Balaban J connectivity index is 2.08. The van der Waals surface area contributed by atoms with E-state index >= 15 is 0 Å². The second-order valence-corrected chi connectivity index (χ2v) is 2.35. The lowest BCUT2D eigenvalue weighted by Crippen LogP contribution is -2.10. The van der Waals surface area contributed by atoms with Crippen molar-refractivity contribution in [1.82, 2.24) is 15.4 Å². The van der Waals surface area contributed by atoms with E-state index in [0.717, 1.165) is 0 Å². The number of H-pyrrole nitrogens is 1. The number of hydrogen-bond acceptors (Lipinski definition) is 4. The summed E-state index contributed by atoms with van der Waals surface area (Å²) in [4.78, 5) is 11.3. The van der Waals surface area contributed by atoms with E-state index in [1.165, 1.54) is 24.9 Å². The number of aromatic nitrogens is 3. The van der Waals surface area contributed by atoms with Crippen molar-refractivity contribution in [2.75, 3.05) is 5.32 Å². The molecule has 0 atom stereocenters. The molecule has 0 fully saturated rings. The van der Waals surface area contributed by atoms with Crippen molar-refractivity contribution in [2.45, 2.75) is 0 Å². The van der Waals surface area contributed by atoms with E-state index < -0.39 is 0 Å². The van der Waals surface area contributed by atoms with Crippen molar-refractivity contribution >= 4 is 11.6 Å². The molecule has 0 aliphatic carbocycles. The number of rotatable bonds is 2. The van der Waals surface area contributed by atoms with Crippen molar-refractivity contribution in [3.8, 4) is 0 Å². The van der Waals surface area contributed by atoms with Crippen LogP contribution in [0.1, 0.15) is 10.4 Å². The van der Waals surface area contributed by atoms with Crippen LogP contribution in [0.25, 0.3) is 0 Å². The summed E-state index contributed by atoms with van der Waals surface area (Å²) in [7, 11) is 0. The topological polar surface area (TPSA) is 83.8 Å². The molecule has 0 saturated heterocycles. The highest BCUT2D eigenvalue weighted by atomic mass is 16.5. The smallest absolute Gasteiger partial charge is 0.258 e. The van der Waals surface area contributed by atoms with Crippen LogP contribution in [-0.2, 0) is 0 Å². The minimum Gasteiger partial charge on any atom is -0.363 e. The molecule has 0 bridgehead atoms. The first-order valence-corrected chi connectivity index (χ1v) is 3.56. The van der Waals surface area contributed by atoms with Crippen LogP contribution >= 0.6 is 0 Å². The number of amides is 1. The molecule has 0 aliphatic rings. The molecule has 0 radical (unpaired) electrons. The zero-order valence-corrected chi connectivity index (χ0v) is 6.52. The van der Waals surface area contributed by atoms with Crippen molar-refractivity contribution < 1.29 is 9.32 Å². The van der Waals surface area contributed by atoms with E-state index in [0.29, 0.717) is 11.3 Å². The maximum Gasteiger partial charge on any atom is 0.258 e. The highest BCUT2D eigenvalue weighted by molar-refractivity contribution is 6.03. The Morgan fingerprint density at radius 3 is 3.08 bits per heavy atom. The molecule has 13 heavy (non-hydrogen) atoms. The van der Waals surface area contributed by atoms with Gasteiger partial charge in [0.05, 0.1) is 18.0 Å². The summed E-state index contributed by atoms with van der Waals surface area (Å²) in [5.41, 5.74) is 0.979. The number of nitrogens with zero attached hydrogens (tertiary/aromatic N) is 2. The molecule has 0 unspecified atom stereocenters. The normalized spacial score (nSPS) is 9.85. The standard InChI is InChI=1S/C7H6N4O2/c12-7(5-1-8-9-2-5)11-6-3-10-13-4-6/h1-4H,(H,8,9)(H,11,12). The quantitative estimate of drug-likeness (QED) is 0.707. The molecular formula is C7H6N4O2. The second-order valence-electron chi connectivity index (χ2n) is 2.35. The van der Waals surface area contributed by atoms with Gasteiger partial charge in [-0.15, -0.1) is 0 Å². The Labute approximate surface area is 72.9 Å². The zero-order valence-electron chi connectivity index (χ0n) is 6.52. The molecule has 0 spiro atoms. The summed E-state index contributed by atoms with van der Waals surface area (Å²) in [5.74, 6) is -0.253. The third kappa shape index (κ3) is 1.56. The molecule has 0 saturated carbocycles. The molecule has 6 heteroatoms. The Bertz CT molecular complexity index is 379. The number of anilines is 1. The van der Waals surface area contributed by atoms with E-state index in [4.69, 9.17) is 0 Å². The highest BCUT2D eigenvalue weighted by Gasteiger charge is 2.07. The highest BCUT2D eigenvalue weighted by Crippen LogP contribution is 2.05. The van der Waals surface area contributed by atoms with E-state index in [-0.39, 0.29) is 5.91 Å². The van der Waals surface area contributed by atoms with E-state index in [2.05, 4.69) is 25.2 Å². The number of carbonyl (C=O) groups excluding carboxylic acids is 1. The number of nitrogens with one attached hydrogen (secondary N) is 2. The zero-order chi connectivity index (χ0) is 9.10. The fraction of sp³-hybridized carbons (Fsp3) is 0. The molecule has 2 aromatic heterocycles. The molecule has 6 nitrogen and oxygen atoms in total. The first kappa shape index (κ1) is 7.53. The number of hydrogen-bond donors (Lipinski definition) is 2. The molecule has 1 amide bonds. The maximum atomic E-state index is 11.3. The van der Waals surface area contributed by atoms with Gasteiger partial charge >= 0.3 is 0 Å². The lowest BCUT2D eigenvalue weighted by molar-refractivity contribution is 0.102. The molecule has 2 aromatic rings. The summed E-state index contributed by atoms with van der Waals surface area (Å²) in [5, 5.41) is 12.2. The van der Waals surface area contributed by atoms with Crippen molar-refractivity contribution in [3.05, 3.63) is 30.4 Å². The Morgan fingerprint density at radius 2 is 2.46 bits per heavy atom. The number of carbonyl (C=O) groups is 1. The average molecular weight is 178 g/mol. The molecule has 0 aliphatic heterocycles. The third-order valence-electron chi connectivity index (χ3n) is 1.45. The Kier molecular flexibility index (Phi) is 1.79. The molecule has 2 N–H and O–H groups in total.